The Morgan fingerprint density at radius 3 is 2.12 bits per heavy atom. The van der Waals surface area contributed by atoms with Gasteiger partial charge in [-0.05, 0) is 34.6 Å². The van der Waals surface area contributed by atoms with Crippen molar-refractivity contribution in [1.82, 2.24) is 0 Å². The smallest absolute Gasteiger partial charge is 0.316 e. The second-order valence-electron chi connectivity index (χ2n) is 4.44. The van der Waals surface area contributed by atoms with Crippen LogP contribution in [0.5, 0.6) is 0 Å². The highest BCUT2D eigenvalue weighted by molar-refractivity contribution is 7.99. The Bertz CT molecular complexity index is 207. The summed E-state index contributed by atoms with van der Waals surface area (Å²) in [4.78, 5) is 11.4. The van der Waals surface area contributed by atoms with Crippen molar-refractivity contribution in [2.45, 2.75) is 46.5 Å². The Morgan fingerprint density at radius 2 is 1.71 bits per heavy atom. The molecule has 0 fully saturated rings. The fourth-order valence-electron chi connectivity index (χ4n) is 1.13. The number of hydrogen-bond donors (Lipinski definition) is 0. The van der Waals surface area contributed by atoms with Crippen molar-refractivity contribution < 1.29 is 19.0 Å². The largest absolute Gasteiger partial charge is 0.459 e. The van der Waals surface area contributed by atoms with Gasteiger partial charge in [0.05, 0.1) is 5.75 Å². The molecule has 0 atom stereocenters. The van der Waals surface area contributed by atoms with E-state index in [-0.39, 0.29) is 12.3 Å². The average Bonchev–Trinajstić information content (AvgIpc) is 2.15. The first-order valence-electron chi connectivity index (χ1n) is 5.91. The maximum absolute atomic E-state index is 11.4. The molecule has 0 rings (SSSR count). The van der Waals surface area contributed by atoms with E-state index in [0.29, 0.717) is 24.7 Å². The first kappa shape index (κ1) is 16.7. The molecular formula is C12H24O4S. The van der Waals surface area contributed by atoms with E-state index in [2.05, 4.69) is 0 Å². The molecule has 0 aliphatic rings. The molecular weight excluding hydrogens is 240 g/mol. The zero-order chi connectivity index (χ0) is 13.3. The van der Waals surface area contributed by atoms with Crippen molar-refractivity contribution in [3.05, 3.63) is 0 Å². The summed E-state index contributed by atoms with van der Waals surface area (Å²) in [5.41, 5.74) is -0.420. The predicted molar refractivity (Wildman–Crippen MR) is 70.2 cm³/mol. The fourth-order valence-corrected chi connectivity index (χ4v) is 1.85. The Hall–Kier alpha value is -0.260. The van der Waals surface area contributed by atoms with Gasteiger partial charge in [-0.25, -0.2) is 0 Å². The zero-order valence-corrected chi connectivity index (χ0v) is 12.3. The van der Waals surface area contributed by atoms with Crippen LogP contribution in [-0.4, -0.2) is 42.6 Å². The molecule has 0 unspecified atom stereocenters. The fraction of sp³-hybridized carbons (Fsp3) is 0.917. The van der Waals surface area contributed by atoms with E-state index in [1.807, 2.05) is 34.6 Å². The van der Waals surface area contributed by atoms with Crippen LogP contribution in [-0.2, 0) is 19.0 Å². The molecule has 0 aliphatic carbocycles. The summed E-state index contributed by atoms with van der Waals surface area (Å²) in [6.07, 6.45) is -0.238. The van der Waals surface area contributed by atoms with Gasteiger partial charge in [-0.3, -0.25) is 4.79 Å². The Balaban J connectivity index is 3.76. The monoisotopic (exact) mass is 264 g/mol. The van der Waals surface area contributed by atoms with Crippen molar-refractivity contribution in [3.63, 3.8) is 0 Å². The third kappa shape index (κ3) is 10.6. The maximum Gasteiger partial charge on any atom is 0.316 e. The lowest BCUT2D eigenvalue weighted by Crippen LogP contribution is -2.26. The van der Waals surface area contributed by atoms with Gasteiger partial charge in [0.15, 0.2) is 6.29 Å². The van der Waals surface area contributed by atoms with Crippen LogP contribution < -0.4 is 0 Å². The lowest BCUT2D eigenvalue weighted by Gasteiger charge is -2.20. The quantitative estimate of drug-likeness (QED) is 0.498. The van der Waals surface area contributed by atoms with Gasteiger partial charge >= 0.3 is 5.97 Å². The normalized spacial score (nSPS) is 11.9. The average molecular weight is 264 g/mol. The molecule has 0 amide bonds. The summed E-state index contributed by atoms with van der Waals surface area (Å²) >= 11 is 1.47. The molecule has 0 radical (unpaired) electrons. The molecule has 0 N–H and O–H groups in total. The third-order valence-corrected chi connectivity index (χ3v) is 2.55. The number of carbonyl (C=O) groups is 1. The highest BCUT2D eigenvalue weighted by Gasteiger charge is 2.17. The first-order chi connectivity index (χ1) is 7.89. The Morgan fingerprint density at radius 1 is 1.18 bits per heavy atom. The van der Waals surface area contributed by atoms with E-state index in [1.54, 1.807) is 0 Å². The summed E-state index contributed by atoms with van der Waals surface area (Å²) in [6, 6.07) is 0. The molecule has 0 spiro atoms. The molecule has 0 aromatic carbocycles. The molecule has 0 heterocycles. The molecule has 0 bridgehead atoms. The topological polar surface area (TPSA) is 44.8 Å². The molecule has 4 nitrogen and oxygen atoms in total. The van der Waals surface area contributed by atoms with E-state index >= 15 is 0 Å². The van der Waals surface area contributed by atoms with Gasteiger partial charge in [-0.2, -0.15) is 0 Å². The van der Waals surface area contributed by atoms with E-state index in [4.69, 9.17) is 14.2 Å². The molecule has 0 saturated carbocycles. The third-order valence-electron chi connectivity index (χ3n) is 1.60. The van der Waals surface area contributed by atoms with Gasteiger partial charge in [-0.15, -0.1) is 11.8 Å². The Kier molecular flexibility index (Phi) is 8.64. The lowest BCUT2D eigenvalue weighted by molar-refractivity contribution is -0.151. The van der Waals surface area contributed by atoms with Crippen LogP contribution >= 0.6 is 11.8 Å². The van der Waals surface area contributed by atoms with Crippen molar-refractivity contribution in [2.24, 2.45) is 0 Å². The summed E-state index contributed by atoms with van der Waals surface area (Å²) in [7, 11) is 0. The summed E-state index contributed by atoms with van der Waals surface area (Å²) < 4.78 is 15.9. The van der Waals surface area contributed by atoms with Crippen LogP contribution in [0.25, 0.3) is 0 Å². The van der Waals surface area contributed by atoms with Gasteiger partial charge in [0.25, 0.3) is 0 Å². The standard InChI is InChI=1S/C12H24O4S/c1-6-14-11(15-7-2)9-17-8-10(13)16-12(3,4)5/h11H,6-9H2,1-5H3. The van der Waals surface area contributed by atoms with Crippen molar-refractivity contribution >= 4 is 17.7 Å². The molecule has 0 aromatic heterocycles. The molecule has 0 aromatic rings. The highest BCUT2D eigenvalue weighted by atomic mass is 32.2. The molecule has 102 valence electrons. The van der Waals surface area contributed by atoms with Crippen LogP contribution in [0.1, 0.15) is 34.6 Å². The first-order valence-corrected chi connectivity index (χ1v) is 7.07. The van der Waals surface area contributed by atoms with E-state index in [0.717, 1.165) is 0 Å². The second-order valence-corrected chi connectivity index (χ2v) is 5.47. The molecule has 0 saturated heterocycles. The highest BCUT2D eigenvalue weighted by Crippen LogP contribution is 2.12. The van der Waals surface area contributed by atoms with Crippen LogP contribution in [0.4, 0.5) is 0 Å². The number of hydrogen-bond acceptors (Lipinski definition) is 5. The molecule has 0 aliphatic heterocycles. The van der Waals surface area contributed by atoms with Crippen LogP contribution in [0, 0.1) is 0 Å². The zero-order valence-electron chi connectivity index (χ0n) is 11.4. The SMILES string of the molecule is CCOC(CSCC(=O)OC(C)(C)C)OCC. The number of ether oxygens (including phenoxy) is 3. The summed E-state index contributed by atoms with van der Waals surface area (Å²) in [5, 5.41) is 0. The number of carbonyl (C=O) groups excluding carboxylic acids is 1. The number of rotatable bonds is 8. The Labute approximate surface area is 108 Å². The molecule has 5 heteroatoms. The minimum absolute atomic E-state index is 0.200. The van der Waals surface area contributed by atoms with Crippen molar-refractivity contribution in [1.29, 1.82) is 0 Å². The van der Waals surface area contributed by atoms with Gasteiger partial charge < -0.3 is 14.2 Å². The lowest BCUT2D eigenvalue weighted by atomic mass is 10.2. The summed E-state index contributed by atoms with van der Waals surface area (Å²) in [5.74, 6) is 0.767. The summed E-state index contributed by atoms with van der Waals surface area (Å²) in [6.45, 7) is 10.6. The maximum atomic E-state index is 11.4. The molecule has 17 heavy (non-hydrogen) atoms. The van der Waals surface area contributed by atoms with Crippen LogP contribution in [0.15, 0.2) is 0 Å². The van der Waals surface area contributed by atoms with Crippen molar-refractivity contribution in [3.8, 4) is 0 Å². The predicted octanol–water partition coefficient (Wildman–Crippen LogP) is 2.46. The van der Waals surface area contributed by atoms with E-state index in [9.17, 15) is 4.79 Å². The van der Waals surface area contributed by atoms with Crippen LogP contribution in [0.2, 0.25) is 0 Å². The minimum atomic E-state index is -0.420. The minimum Gasteiger partial charge on any atom is -0.459 e. The number of thioether (sulfide) groups is 1. The second kappa shape index (κ2) is 8.78. The van der Waals surface area contributed by atoms with Gasteiger partial charge in [0.1, 0.15) is 5.60 Å². The van der Waals surface area contributed by atoms with Gasteiger partial charge in [0.2, 0.25) is 0 Å². The van der Waals surface area contributed by atoms with E-state index in [1.165, 1.54) is 11.8 Å². The van der Waals surface area contributed by atoms with Gasteiger partial charge in [0, 0.05) is 19.0 Å². The van der Waals surface area contributed by atoms with E-state index < -0.39 is 5.60 Å². The number of esters is 1. The van der Waals surface area contributed by atoms with Crippen LogP contribution in [0.3, 0.4) is 0 Å². The van der Waals surface area contributed by atoms with Crippen molar-refractivity contribution in [2.75, 3.05) is 24.7 Å². The van der Waals surface area contributed by atoms with Gasteiger partial charge in [-0.1, -0.05) is 0 Å².